The van der Waals surface area contributed by atoms with Crippen LogP contribution in [0.2, 0.25) is 5.02 Å². The van der Waals surface area contributed by atoms with Gasteiger partial charge in [0.05, 0.1) is 7.11 Å². The maximum Gasteiger partial charge on any atom is 0.118 e. The van der Waals surface area contributed by atoms with Crippen molar-refractivity contribution in [2.45, 2.75) is 12.8 Å². The van der Waals surface area contributed by atoms with Gasteiger partial charge >= 0.3 is 0 Å². The average molecular weight is 271 g/mol. The number of benzene rings is 2. The zero-order valence-corrected chi connectivity index (χ0v) is 11.6. The Bertz CT molecular complexity index is 573. The van der Waals surface area contributed by atoms with E-state index >= 15 is 0 Å². The number of hydrogen-bond donors (Lipinski definition) is 0. The lowest BCUT2D eigenvalue weighted by atomic mass is 10.1. The van der Waals surface area contributed by atoms with E-state index in [1.54, 1.807) is 7.11 Å². The SMILES string of the molecule is COc1ccc(C#CCCc2ccc(Cl)cc2)cc1. The zero-order valence-electron chi connectivity index (χ0n) is 10.8. The van der Waals surface area contributed by atoms with Crippen LogP contribution in [0.3, 0.4) is 0 Å². The normalized spacial score (nSPS) is 9.58. The maximum atomic E-state index is 5.84. The number of methoxy groups -OCH3 is 1. The Morgan fingerprint density at radius 1 is 1.00 bits per heavy atom. The molecule has 0 atom stereocenters. The summed E-state index contributed by atoms with van der Waals surface area (Å²) < 4.78 is 5.10. The minimum Gasteiger partial charge on any atom is -0.497 e. The summed E-state index contributed by atoms with van der Waals surface area (Å²) in [4.78, 5) is 0. The second-order valence-corrected chi connectivity index (χ2v) is 4.59. The molecule has 0 heterocycles. The van der Waals surface area contributed by atoms with Gasteiger partial charge in [0, 0.05) is 17.0 Å². The fourth-order valence-corrected chi connectivity index (χ4v) is 1.82. The molecule has 0 fully saturated rings. The van der Waals surface area contributed by atoms with Crippen LogP contribution in [0.25, 0.3) is 0 Å². The van der Waals surface area contributed by atoms with Crippen molar-refractivity contribution in [3.8, 4) is 17.6 Å². The second kappa shape index (κ2) is 6.87. The van der Waals surface area contributed by atoms with Crippen LogP contribution >= 0.6 is 11.6 Å². The fourth-order valence-electron chi connectivity index (χ4n) is 1.70. The molecule has 19 heavy (non-hydrogen) atoms. The Labute approximate surface area is 119 Å². The summed E-state index contributed by atoms with van der Waals surface area (Å²) in [5.41, 5.74) is 2.27. The van der Waals surface area contributed by atoms with Gasteiger partial charge in [-0.15, -0.1) is 0 Å². The number of rotatable bonds is 3. The highest BCUT2D eigenvalue weighted by atomic mass is 35.5. The fraction of sp³-hybridized carbons (Fsp3) is 0.176. The van der Waals surface area contributed by atoms with Crippen LogP contribution in [0.4, 0.5) is 0 Å². The van der Waals surface area contributed by atoms with Gasteiger partial charge < -0.3 is 4.74 Å². The lowest BCUT2D eigenvalue weighted by Crippen LogP contribution is -1.83. The van der Waals surface area contributed by atoms with Gasteiger partial charge in [-0.2, -0.15) is 0 Å². The number of halogens is 1. The molecule has 0 aliphatic carbocycles. The summed E-state index contributed by atoms with van der Waals surface area (Å²) in [6.07, 6.45) is 1.79. The van der Waals surface area contributed by atoms with Crippen LogP contribution in [0.15, 0.2) is 48.5 Å². The molecular weight excluding hydrogens is 256 g/mol. The Morgan fingerprint density at radius 3 is 2.32 bits per heavy atom. The first-order valence-corrected chi connectivity index (χ1v) is 6.53. The van der Waals surface area contributed by atoms with E-state index in [4.69, 9.17) is 16.3 Å². The van der Waals surface area contributed by atoms with Gasteiger partial charge in [0.25, 0.3) is 0 Å². The highest BCUT2D eigenvalue weighted by Crippen LogP contribution is 2.11. The van der Waals surface area contributed by atoms with Gasteiger partial charge in [-0.25, -0.2) is 0 Å². The molecule has 0 unspecified atom stereocenters. The quantitative estimate of drug-likeness (QED) is 0.754. The van der Waals surface area contributed by atoms with E-state index in [1.807, 2.05) is 48.5 Å². The molecular formula is C17H15ClO. The second-order valence-electron chi connectivity index (χ2n) is 4.16. The Kier molecular flexibility index (Phi) is 4.89. The summed E-state index contributed by atoms with van der Waals surface area (Å²) in [6, 6.07) is 15.7. The number of hydrogen-bond acceptors (Lipinski definition) is 1. The lowest BCUT2D eigenvalue weighted by molar-refractivity contribution is 0.415. The van der Waals surface area contributed by atoms with Crippen molar-refractivity contribution in [1.29, 1.82) is 0 Å². The molecule has 0 aliphatic heterocycles. The van der Waals surface area contributed by atoms with Crippen molar-refractivity contribution in [2.24, 2.45) is 0 Å². The molecule has 2 heteroatoms. The van der Waals surface area contributed by atoms with Crippen LogP contribution in [0.5, 0.6) is 5.75 Å². The summed E-state index contributed by atoms with van der Waals surface area (Å²) >= 11 is 5.84. The molecule has 1 nitrogen and oxygen atoms in total. The van der Waals surface area contributed by atoms with Crippen molar-refractivity contribution >= 4 is 11.6 Å². The van der Waals surface area contributed by atoms with Crippen molar-refractivity contribution < 1.29 is 4.74 Å². The predicted octanol–water partition coefficient (Wildman–Crippen LogP) is 4.33. The first kappa shape index (κ1) is 13.5. The van der Waals surface area contributed by atoms with Gasteiger partial charge in [0.1, 0.15) is 5.75 Å². The van der Waals surface area contributed by atoms with Gasteiger partial charge in [0.15, 0.2) is 0 Å². The monoisotopic (exact) mass is 270 g/mol. The third-order valence-electron chi connectivity index (χ3n) is 2.77. The van der Waals surface area contributed by atoms with Crippen molar-refractivity contribution in [3.05, 3.63) is 64.7 Å². The molecule has 2 aromatic carbocycles. The van der Waals surface area contributed by atoms with E-state index in [0.717, 1.165) is 29.2 Å². The highest BCUT2D eigenvalue weighted by molar-refractivity contribution is 6.30. The first-order valence-electron chi connectivity index (χ1n) is 6.15. The molecule has 0 amide bonds. The average Bonchev–Trinajstić information content (AvgIpc) is 2.46. The third kappa shape index (κ3) is 4.35. The summed E-state index contributed by atoms with van der Waals surface area (Å²) in [5.74, 6) is 7.18. The Hall–Kier alpha value is -1.91. The largest absolute Gasteiger partial charge is 0.497 e. The summed E-state index contributed by atoms with van der Waals surface area (Å²) in [7, 11) is 1.66. The van der Waals surface area contributed by atoms with E-state index in [1.165, 1.54) is 5.56 Å². The van der Waals surface area contributed by atoms with E-state index < -0.39 is 0 Å². The highest BCUT2D eigenvalue weighted by Gasteiger charge is 1.92. The smallest absolute Gasteiger partial charge is 0.118 e. The lowest BCUT2D eigenvalue weighted by Gasteiger charge is -1.98. The molecule has 0 bridgehead atoms. The topological polar surface area (TPSA) is 9.23 Å². The first-order chi connectivity index (χ1) is 9.28. The van der Waals surface area contributed by atoms with Crippen LogP contribution in [-0.2, 0) is 6.42 Å². The number of aryl methyl sites for hydroxylation is 1. The summed E-state index contributed by atoms with van der Waals surface area (Å²) in [5, 5.41) is 0.771. The van der Waals surface area contributed by atoms with E-state index in [-0.39, 0.29) is 0 Å². The zero-order chi connectivity index (χ0) is 13.5. The minimum absolute atomic E-state index is 0.771. The van der Waals surface area contributed by atoms with E-state index in [9.17, 15) is 0 Å². The van der Waals surface area contributed by atoms with Gasteiger partial charge in [-0.1, -0.05) is 35.6 Å². The van der Waals surface area contributed by atoms with Crippen LogP contribution in [0.1, 0.15) is 17.5 Å². The van der Waals surface area contributed by atoms with E-state index in [2.05, 4.69) is 11.8 Å². The molecule has 0 radical (unpaired) electrons. The van der Waals surface area contributed by atoms with Crippen molar-refractivity contribution in [3.63, 3.8) is 0 Å². The molecule has 2 aromatic rings. The molecule has 0 saturated carbocycles. The van der Waals surface area contributed by atoms with Gasteiger partial charge in [-0.05, 0) is 48.4 Å². The Morgan fingerprint density at radius 2 is 1.68 bits per heavy atom. The van der Waals surface area contributed by atoms with Crippen LogP contribution < -0.4 is 4.74 Å². The summed E-state index contributed by atoms with van der Waals surface area (Å²) in [6.45, 7) is 0. The van der Waals surface area contributed by atoms with Gasteiger partial charge in [-0.3, -0.25) is 0 Å². The Balaban J connectivity index is 1.88. The predicted molar refractivity (Wildman–Crippen MR) is 79.6 cm³/mol. The third-order valence-corrected chi connectivity index (χ3v) is 3.03. The molecule has 96 valence electrons. The molecule has 0 aromatic heterocycles. The minimum atomic E-state index is 0.771. The van der Waals surface area contributed by atoms with Crippen molar-refractivity contribution in [1.82, 2.24) is 0 Å². The van der Waals surface area contributed by atoms with Gasteiger partial charge in [0.2, 0.25) is 0 Å². The molecule has 0 N–H and O–H groups in total. The van der Waals surface area contributed by atoms with Crippen LogP contribution in [-0.4, -0.2) is 7.11 Å². The standard InChI is InChI=1S/C17H15ClO/c1-19-17-12-8-15(9-13-17)5-3-2-4-14-6-10-16(18)11-7-14/h6-13H,2,4H2,1H3. The number of ether oxygens (including phenoxy) is 1. The van der Waals surface area contributed by atoms with E-state index in [0.29, 0.717) is 0 Å². The van der Waals surface area contributed by atoms with Crippen molar-refractivity contribution in [2.75, 3.05) is 7.11 Å². The molecule has 2 rings (SSSR count). The van der Waals surface area contributed by atoms with Crippen LogP contribution in [0, 0.1) is 11.8 Å². The molecule has 0 spiro atoms. The maximum absolute atomic E-state index is 5.84. The molecule has 0 saturated heterocycles. The molecule has 0 aliphatic rings.